The number of pyridine rings is 1. The predicted molar refractivity (Wildman–Crippen MR) is 101 cm³/mol. The third-order valence-corrected chi connectivity index (χ3v) is 4.62. The number of halogens is 3. The lowest BCUT2D eigenvalue weighted by Gasteiger charge is -2.07. The molecule has 3 heterocycles. The minimum Gasteiger partial charge on any atom is -0.305 e. The number of fused-ring (bicyclic) bond motifs is 1. The highest BCUT2D eigenvalue weighted by Crippen LogP contribution is 2.27. The predicted octanol–water partition coefficient (Wildman–Crippen LogP) is 3.87. The molecule has 1 aromatic carbocycles. The molecule has 9 heteroatoms. The van der Waals surface area contributed by atoms with Crippen LogP contribution in [0.4, 0.5) is 13.2 Å². The number of aromatic nitrogens is 5. The Morgan fingerprint density at radius 1 is 1.17 bits per heavy atom. The minimum atomic E-state index is -2.89. The van der Waals surface area contributed by atoms with E-state index in [-0.39, 0.29) is 30.0 Å². The number of nitrogens with one attached hydrogen (secondary N) is 1. The second kappa shape index (κ2) is 7.50. The summed E-state index contributed by atoms with van der Waals surface area (Å²) in [7, 11) is 0. The van der Waals surface area contributed by atoms with Gasteiger partial charge in [0.2, 0.25) is 0 Å². The third kappa shape index (κ3) is 3.39. The summed E-state index contributed by atoms with van der Waals surface area (Å²) in [4.78, 5) is 23.1. The second-order valence-electron chi connectivity index (χ2n) is 6.40. The first-order valence-corrected chi connectivity index (χ1v) is 8.96. The lowest BCUT2D eigenvalue weighted by atomic mass is 10.1. The van der Waals surface area contributed by atoms with Gasteiger partial charge >= 0.3 is 0 Å². The number of aromatic amines is 1. The van der Waals surface area contributed by atoms with Gasteiger partial charge in [-0.2, -0.15) is 5.10 Å². The van der Waals surface area contributed by atoms with Crippen molar-refractivity contribution in [3.63, 3.8) is 0 Å². The van der Waals surface area contributed by atoms with Crippen LogP contribution < -0.4 is 5.56 Å². The Labute approximate surface area is 163 Å². The van der Waals surface area contributed by atoms with Gasteiger partial charge in [0.1, 0.15) is 17.2 Å². The molecule has 0 aliphatic carbocycles. The molecule has 0 aliphatic heterocycles. The minimum absolute atomic E-state index is 0.0584. The van der Waals surface area contributed by atoms with Crippen LogP contribution in [0.1, 0.15) is 30.2 Å². The van der Waals surface area contributed by atoms with Gasteiger partial charge in [-0.25, -0.2) is 27.8 Å². The molecule has 0 amide bonds. The summed E-state index contributed by atoms with van der Waals surface area (Å²) in [6.45, 7) is 1.69. The lowest BCUT2D eigenvalue weighted by Crippen LogP contribution is -2.19. The van der Waals surface area contributed by atoms with Crippen molar-refractivity contribution in [3.8, 4) is 11.5 Å². The molecular formula is C20H16F3N5O. The number of rotatable bonds is 5. The van der Waals surface area contributed by atoms with Crippen molar-refractivity contribution < 1.29 is 13.2 Å². The molecule has 148 valence electrons. The van der Waals surface area contributed by atoms with Gasteiger partial charge in [0.25, 0.3) is 12.0 Å². The number of nitrogens with zero attached hydrogens (tertiary/aromatic N) is 4. The van der Waals surface area contributed by atoms with Crippen molar-refractivity contribution in [2.75, 3.05) is 0 Å². The summed E-state index contributed by atoms with van der Waals surface area (Å²) in [5, 5.41) is 4.91. The number of H-pyrrole nitrogens is 1. The second-order valence-corrected chi connectivity index (χ2v) is 6.40. The molecule has 6 nitrogen and oxygen atoms in total. The Hall–Kier alpha value is -3.49. The van der Waals surface area contributed by atoms with Gasteiger partial charge in [-0.3, -0.25) is 4.79 Å². The summed E-state index contributed by atoms with van der Waals surface area (Å²) in [5.74, 6) is -0.472. The molecule has 0 bridgehead atoms. The van der Waals surface area contributed by atoms with Crippen LogP contribution in [0.2, 0.25) is 0 Å². The van der Waals surface area contributed by atoms with Gasteiger partial charge in [0, 0.05) is 17.3 Å². The zero-order valence-electron chi connectivity index (χ0n) is 15.4. The highest BCUT2D eigenvalue weighted by molar-refractivity contribution is 5.89. The van der Waals surface area contributed by atoms with Gasteiger partial charge in [-0.15, -0.1) is 0 Å². The largest absolute Gasteiger partial charge is 0.305 e. The zero-order chi connectivity index (χ0) is 20.5. The molecule has 0 unspecified atom stereocenters. The van der Waals surface area contributed by atoms with Crippen molar-refractivity contribution in [1.29, 1.82) is 0 Å². The average molecular weight is 399 g/mol. The fourth-order valence-electron chi connectivity index (χ4n) is 3.23. The Morgan fingerprint density at radius 3 is 2.69 bits per heavy atom. The maximum Gasteiger partial charge on any atom is 0.280 e. The van der Waals surface area contributed by atoms with Crippen molar-refractivity contribution in [1.82, 2.24) is 24.7 Å². The highest BCUT2D eigenvalue weighted by Gasteiger charge is 2.22. The molecule has 0 atom stereocenters. The van der Waals surface area contributed by atoms with E-state index in [1.807, 2.05) is 0 Å². The topological polar surface area (TPSA) is 76.5 Å². The maximum atomic E-state index is 14.1. The quantitative estimate of drug-likeness (QED) is 0.553. The first-order valence-electron chi connectivity index (χ1n) is 8.96. The van der Waals surface area contributed by atoms with Gasteiger partial charge < -0.3 is 4.98 Å². The van der Waals surface area contributed by atoms with Gasteiger partial charge in [0.05, 0.1) is 11.9 Å². The number of benzene rings is 1. The summed E-state index contributed by atoms with van der Waals surface area (Å²) in [6.07, 6.45) is -1.21. The molecule has 29 heavy (non-hydrogen) atoms. The van der Waals surface area contributed by atoms with E-state index in [4.69, 9.17) is 0 Å². The fraction of sp³-hybridized carbons (Fsp3) is 0.200. The Kier molecular flexibility index (Phi) is 4.87. The molecule has 3 aromatic heterocycles. The smallest absolute Gasteiger partial charge is 0.280 e. The number of hydrogen-bond donors (Lipinski definition) is 1. The number of alkyl halides is 2. The van der Waals surface area contributed by atoms with E-state index < -0.39 is 23.5 Å². The molecule has 0 spiro atoms. The van der Waals surface area contributed by atoms with E-state index >= 15 is 0 Å². The Morgan fingerprint density at radius 2 is 1.97 bits per heavy atom. The maximum absolute atomic E-state index is 14.1. The fourth-order valence-corrected chi connectivity index (χ4v) is 3.23. The van der Waals surface area contributed by atoms with Gasteiger partial charge in [-0.05, 0) is 24.6 Å². The van der Waals surface area contributed by atoms with Crippen LogP contribution in [0.5, 0.6) is 0 Å². The van der Waals surface area contributed by atoms with Crippen molar-refractivity contribution >= 4 is 11.0 Å². The van der Waals surface area contributed by atoms with Crippen LogP contribution in [-0.4, -0.2) is 24.7 Å². The summed E-state index contributed by atoms with van der Waals surface area (Å²) >= 11 is 0. The van der Waals surface area contributed by atoms with Crippen LogP contribution in [0.3, 0.4) is 0 Å². The van der Waals surface area contributed by atoms with E-state index in [1.54, 1.807) is 43.5 Å². The van der Waals surface area contributed by atoms with Crippen LogP contribution in [0.15, 0.2) is 47.4 Å². The molecule has 0 saturated carbocycles. The summed E-state index contributed by atoms with van der Waals surface area (Å²) in [5.41, 5.74) is -0.236. The molecular weight excluding hydrogens is 383 g/mol. The lowest BCUT2D eigenvalue weighted by molar-refractivity contribution is 0.144. The van der Waals surface area contributed by atoms with Gasteiger partial charge in [0.15, 0.2) is 11.5 Å². The van der Waals surface area contributed by atoms with Crippen molar-refractivity contribution in [3.05, 3.63) is 75.6 Å². The van der Waals surface area contributed by atoms with Crippen molar-refractivity contribution in [2.24, 2.45) is 0 Å². The number of hydrogen-bond acceptors (Lipinski definition) is 4. The first kappa shape index (κ1) is 18.9. The van der Waals surface area contributed by atoms with E-state index in [9.17, 15) is 18.0 Å². The molecule has 0 aliphatic rings. The molecule has 0 radical (unpaired) electrons. The van der Waals surface area contributed by atoms with E-state index in [0.29, 0.717) is 16.6 Å². The van der Waals surface area contributed by atoms with Crippen LogP contribution in [-0.2, 0) is 13.0 Å². The van der Waals surface area contributed by atoms with Crippen LogP contribution >= 0.6 is 0 Å². The molecule has 4 aromatic rings. The standard InChI is InChI=1S/C20H16F3N5O/c1-2-12-15(17(22)23)25-18(26-20(12)29)16-13-7-5-9-24-19(13)28(27-16)10-11-6-3-4-8-14(11)21/h3-9,17H,2,10H2,1H3,(H,25,26,29). The normalized spacial score (nSPS) is 11.5. The molecule has 1 N–H and O–H groups in total. The first-order chi connectivity index (χ1) is 14.0. The highest BCUT2D eigenvalue weighted by atomic mass is 19.3. The summed E-state index contributed by atoms with van der Waals surface area (Å²) in [6, 6.07) is 9.60. The van der Waals surface area contributed by atoms with E-state index in [1.165, 1.54) is 10.7 Å². The third-order valence-electron chi connectivity index (χ3n) is 4.62. The monoisotopic (exact) mass is 399 g/mol. The Balaban J connectivity index is 1.90. The molecule has 4 rings (SSSR count). The van der Waals surface area contributed by atoms with Crippen LogP contribution in [0, 0.1) is 5.82 Å². The van der Waals surface area contributed by atoms with Crippen molar-refractivity contribution in [2.45, 2.75) is 26.3 Å². The van der Waals surface area contributed by atoms with E-state index in [0.717, 1.165) is 0 Å². The van der Waals surface area contributed by atoms with E-state index in [2.05, 4.69) is 20.1 Å². The van der Waals surface area contributed by atoms with Crippen LogP contribution in [0.25, 0.3) is 22.6 Å². The van der Waals surface area contributed by atoms with Gasteiger partial charge in [-0.1, -0.05) is 25.1 Å². The average Bonchev–Trinajstić information content (AvgIpc) is 3.07. The Bertz CT molecular complexity index is 1250. The molecule has 0 saturated heterocycles. The molecule has 0 fully saturated rings. The SMILES string of the molecule is CCc1c(C(F)F)nc(-c2nn(Cc3ccccc3F)c3ncccc23)[nH]c1=O. The zero-order valence-corrected chi connectivity index (χ0v) is 15.4. The summed E-state index contributed by atoms with van der Waals surface area (Å²) < 4.78 is 42.4.